The molecule has 1 aromatic carbocycles. The normalized spacial score (nSPS) is 10.8. The second kappa shape index (κ2) is 9.09. The Bertz CT molecular complexity index is 845. The summed E-state index contributed by atoms with van der Waals surface area (Å²) < 4.78 is 12.9. The third-order valence-corrected chi connectivity index (χ3v) is 4.13. The van der Waals surface area contributed by atoms with E-state index in [4.69, 9.17) is 14.3 Å². The van der Waals surface area contributed by atoms with E-state index < -0.39 is 0 Å². The summed E-state index contributed by atoms with van der Waals surface area (Å²) in [6.07, 6.45) is 2.48. The van der Waals surface area contributed by atoms with Crippen molar-refractivity contribution in [2.24, 2.45) is 7.05 Å². The number of benzene rings is 1. The zero-order valence-corrected chi connectivity index (χ0v) is 15.6. The fraction of sp³-hybridized carbons (Fsp3) is 0.368. The van der Waals surface area contributed by atoms with Gasteiger partial charge in [0.25, 0.3) is 0 Å². The maximum absolute atomic E-state index is 9.05. The summed E-state index contributed by atoms with van der Waals surface area (Å²) in [5.41, 5.74) is 2.09. The van der Waals surface area contributed by atoms with E-state index in [9.17, 15) is 0 Å². The van der Waals surface area contributed by atoms with Crippen LogP contribution >= 0.6 is 0 Å². The lowest BCUT2D eigenvalue weighted by molar-refractivity contribution is 0.271. The molecule has 0 aliphatic carbocycles. The summed E-state index contributed by atoms with van der Waals surface area (Å²) >= 11 is 0. The van der Waals surface area contributed by atoms with Crippen LogP contribution in [0, 0.1) is 6.92 Å². The van der Waals surface area contributed by atoms with E-state index in [0.717, 1.165) is 29.2 Å². The first-order valence-electron chi connectivity index (χ1n) is 8.90. The fourth-order valence-electron chi connectivity index (χ4n) is 2.67. The number of hydrogen-bond acceptors (Lipinski definition) is 7. The molecular weight excluding hydrogens is 346 g/mol. The fourth-order valence-corrected chi connectivity index (χ4v) is 2.67. The smallest absolute Gasteiger partial charge is 0.221 e. The third kappa shape index (κ3) is 5.01. The van der Waals surface area contributed by atoms with Crippen LogP contribution in [0.15, 0.2) is 41.0 Å². The molecule has 3 aromatic rings. The number of anilines is 2. The lowest BCUT2D eigenvalue weighted by Gasteiger charge is -2.14. The Balaban J connectivity index is 1.45. The summed E-state index contributed by atoms with van der Waals surface area (Å²) in [5, 5.41) is 19.7. The largest absolute Gasteiger partial charge is 0.493 e. The minimum Gasteiger partial charge on any atom is -0.493 e. The van der Waals surface area contributed by atoms with Gasteiger partial charge in [0.2, 0.25) is 5.95 Å². The second-order valence-corrected chi connectivity index (χ2v) is 6.12. The van der Waals surface area contributed by atoms with E-state index in [0.29, 0.717) is 31.5 Å². The van der Waals surface area contributed by atoms with E-state index in [2.05, 4.69) is 20.7 Å². The maximum Gasteiger partial charge on any atom is 0.221 e. The summed E-state index contributed by atoms with van der Waals surface area (Å²) in [4.78, 5) is 4.19. The van der Waals surface area contributed by atoms with Crippen molar-refractivity contribution in [1.82, 2.24) is 14.8 Å². The van der Waals surface area contributed by atoms with Gasteiger partial charge < -0.3 is 24.9 Å². The predicted octanol–water partition coefficient (Wildman–Crippen LogP) is 2.70. The zero-order chi connectivity index (χ0) is 19.1. The molecule has 8 nitrogen and oxygen atoms in total. The van der Waals surface area contributed by atoms with Crippen LogP contribution in [0.4, 0.5) is 11.6 Å². The number of hydrogen-bond donors (Lipinski definition) is 3. The molecule has 0 atom stereocenters. The van der Waals surface area contributed by atoms with Gasteiger partial charge in [-0.2, -0.15) is 10.1 Å². The predicted molar refractivity (Wildman–Crippen MR) is 103 cm³/mol. The van der Waals surface area contributed by atoms with Gasteiger partial charge in [-0.15, -0.1) is 0 Å². The minimum atomic E-state index is -0.164. The summed E-state index contributed by atoms with van der Waals surface area (Å²) in [6.45, 7) is 3.79. The zero-order valence-electron chi connectivity index (χ0n) is 15.6. The third-order valence-electron chi connectivity index (χ3n) is 4.13. The van der Waals surface area contributed by atoms with E-state index in [1.165, 1.54) is 0 Å². The molecule has 0 radical (unpaired) electrons. The Hall–Kier alpha value is -3.00. The first-order valence-corrected chi connectivity index (χ1v) is 8.90. The summed E-state index contributed by atoms with van der Waals surface area (Å²) in [5.74, 6) is 2.80. The van der Waals surface area contributed by atoms with Crippen LogP contribution < -0.4 is 15.4 Å². The Labute approximate surface area is 158 Å². The molecule has 0 fully saturated rings. The molecule has 3 rings (SSSR count). The topological polar surface area (TPSA) is 97.4 Å². The van der Waals surface area contributed by atoms with Crippen LogP contribution in [0.2, 0.25) is 0 Å². The van der Waals surface area contributed by atoms with Crippen molar-refractivity contribution in [2.45, 2.75) is 26.5 Å². The van der Waals surface area contributed by atoms with Gasteiger partial charge in [-0.3, -0.25) is 0 Å². The molecule has 0 saturated carbocycles. The van der Waals surface area contributed by atoms with Gasteiger partial charge in [-0.05, 0) is 37.6 Å². The molecule has 0 unspecified atom stereocenters. The molecule has 8 heteroatoms. The molecule has 27 heavy (non-hydrogen) atoms. The Kier molecular flexibility index (Phi) is 6.32. The SMILES string of the molecule is Cc1c(NCc2ccco2)cccc1OCCCNc1nc(CO)nn1C. The van der Waals surface area contributed by atoms with E-state index in [1.807, 2.05) is 37.3 Å². The van der Waals surface area contributed by atoms with E-state index in [-0.39, 0.29) is 6.61 Å². The highest BCUT2D eigenvalue weighted by Gasteiger charge is 2.07. The maximum atomic E-state index is 9.05. The lowest BCUT2D eigenvalue weighted by atomic mass is 10.1. The van der Waals surface area contributed by atoms with Crippen molar-refractivity contribution in [3.8, 4) is 5.75 Å². The van der Waals surface area contributed by atoms with Crippen LogP contribution in [0.25, 0.3) is 0 Å². The quantitative estimate of drug-likeness (QED) is 0.471. The van der Waals surface area contributed by atoms with Crippen LogP contribution in [0.5, 0.6) is 5.75 Å². The number of nitrogens with one attached hydrogen (secondary N) is 2. The molecule has 2 heterocycles. The first kappa shape index (κ1) is 18.8. The molecule has 0 spiro atoms. The molecule has 0 bridgehead atoms. The number of aliphatic hydroxyl groups excluding tert-OH is 1. The highest BCUT2D eigenvalue weighted by molar-refractivity contribution is 5.56. The number of aryl methyl sites for hydroxylation is 1. The van der Waals surface area contributed by atoms with Crippen LogP contribution in [0.1, 0.15) is 23.6 Å². The Morgan fingerprint density at radius 1 is 1.22 bits per heavy atom. The highest BCUT2D eigenvalue weighted by Crippen LogP contribution is 2.26. The number of aromatic nitrogens is 3. The average Bonchev–Trinajstić information content (AvgIpc) is 3.31. The van der Waals surface area contributed by atoms with Crippen molar-refractivity contribution in [1.29, 1.82) is 0 Å². The molecule has 2 aromatic heterocycles. The van der Waals surface area contributed by atoms with Crippen molar-refractivity contribution in [3.05, 3.63) is 53.7 Å². The minimum absolute atomic E-state index is 0.164. The summed E-state index contributed by atoms with van der Waals surface area (Å²) in [7, 11) is 1.79. The van der Waals surface area contributed by atoms with Gasteiger partial charge in [-0.1, -0.05) is 6.07 Å². The Morgan fingerprint density at radius 2 is 2.11 bits per heavy atom. The number of rotatable bonds is 10. The van der Waals surface area contributed by atoms with Crippen molar-refractivity contribution >= 4 is 11.6 Å². The van der Waals surface area contributed by atoms with Crippen molar-refractivity contribution in [2.75, 3.05) is 23.8 Å². The van der Waals surface area contributed by atoms with Gasteiger partial charge in [0.1, 0.15) is 18.1 Å². The first-order chi connectivity index (χ1) is 13.2. The standard InChI is InChI=1S/C19H25N5O3/c1-14-16(21-12-15-6-4-10-26-15)7-3-8-17(14)27-11-5-9-20-19-22-18(13-25)23-24(19)2/h3-4,6-8,10,21,25H,5,9,11-13H2,1-2H3,(H,20,22,23). The number of nitrogens with zero attached hydrogens (tertiary/aromatic N) is 3. The van der Waals surface area contributed by atoms with E-state index >= 15 is 0 Å². The molecule has 3 N–H and O–H groups in total. The average molecular weight is 371 g/mol. The number of ether oxygens (including phenoxy) is 1. The molecule has 0 aliphatic heterocycles. The molecule has 0 amide bonds. The molecule has 0 aliphatic rings. The lowest BCUT2D eigenvalue weighted by Crippen LogP contribution is -2.11. The summed E-state index contributed by atoms with van der Waals surface area (Å²) in [6, 6.07) is 9.79. The van der Waals surface area contributed by atoms with Gasteiger partial charge in [0.05, 0.1) is 19.4 Å². The number of furan rings is 1. The van der Waals surface area contributed by atoms with E-state index in [1.54, 1.807) is 18.0 Å². The molecular formula is C19H25N5O3. The Morgan fingerprint density at radius 3 is 2.85 bits per heavy atom. The van der Waals surface area contributed by atoms with Gasteiger partial charge in [-0.25, -0.2) is 4.68 Å². The monoisotopic (exact) mass is 371 g/mol. The molecule has 0 saturated heterocycles. The van der Waals surface area contributed by atoms with Crippen molar-refractivity contribution in [3.63, 3.8) is 0 Å². The number of aliphatic hydroxyl groups is 1. The van der Waals surface area contributed by atoms with Gasteiger partial charge >= 0.3 is 0 Å². The molecule has 144 valence electrons. The van der Waals surface area contributed by atoms with Gasteiger partial charge in [0.15, 0.2) is 5.82 Å². The second-order valence-electron chi connectivity index (χ2n) is 6.12. The van der Waals surface area contributed by atoms with Crippen molar-refractivity contribution < 1.29 is 14.3 Å². The van der Waals surface area contributed by atoms with Crippen LogP contribution in [0.3, 0.4) is 0 Å². The highest BCUT2D eigenvalue weighted by atomic mass is 16.5. The van der Waals surface area contributed by atoms with Crippen LogP contribution in [-0.2, 0) is 20.2 Å². The van der Waals surface area contributed by atoms with Crippen LogP contribution in [-0.4, -0.2) is 33.0 Å². The van der Waals surface area contributed by atoms with Gasteiger partial charge in [0, 0.05) is 24.8 Å².